The van der Waals surface area contributed by atoms with Crippen LogP contribution in [0.2, 0.25) is 0 Å². The number of hydrogen-bond donors (Lipinski definition) is 3. The predicted molar refractivity (Wildman–Crippen MR) is 130 cm³/mol. The summed E-state index contributed by atoms with van der Waals surface area (Å²) in [5.41, 5.74) is 4.15. The van der Waals surface area contributed by atoms with Crippen molar-refractivity contribution in [3.63, 3.8) is 0 Å². The molecule has 0 aliphatic carbocycles. The molecular formula is C27H33O3P. The fourth-order valence-electron chi connectivity index (χ4n) is 4.51. The van der Waals surface area contributed by atoms with E-state index in [9.17, 15) is 15.3 Å². The van der Waals surface area contributed by atoms with Gasteiger partial charge in [-0.1, -0.05) is 98.9 Å². The molecule has 3 N–H and O–H groups in total. The third-order valence-electron chi connectivity index (χ3n) is 5.84. The Morgan fingerprint density at radius 1 is 0.452 bits per heavy atom. The van der Waals surface area contributed by atoms with Crippen LogP contribution in [0.3, 0.4) is 0 Å². The van der Waals surface area contributed by atoms with Crippen molar-refractivity contribution in [2.75, 3.05) is 19.8 Å². The summed E-state index contributed by atoms with van der Waals surface area (Å²) in [6.07, 6.45) is 2.00. The minimum absolute atomic E-state index is 0.111. The van der Waals surface area contributed by atoms with E-state index in [4.69, 9.17) is 0 Å². The monoisotopic (exact) mass is 436 g/mol. The highest BCUT2D eigenvalue weighted by molar-refractivity contribution is 7.58. The molecule has 3 rings (SSSR count). The molecule has 0 saturated carbocycles. The highest BCUT2D eigenvalue weighted by Gasteiger charge is 2.37. The molecule has 4 heteroatoms. The minimum Gasteiger partial charge on any atom is -0.396 e. The van der Waals surface area contributed by atoms with Crippen LogP contribution in [-0.2, 0) is 0 Å². The van der Waals surface area contributed by atoms with Crippen LogP contribution in [0, 0.1) is 0 Å². The lowest BCUT2D eigenvalue weighted by atomic mass is 10.1. The van der Waals surface area contributed by atoms with Gasteiger partial charge in [-0.05, 0) is 36.0 Å². The van der Waals surface area contributed by atoms with Gasteiger partial charge in [0.2, 0.25) is 0 Å². The molecule has 0 radical (unpaired) electrons. The average molecular weight is 437 g/mol. The fraction of sp³-hybridized carbons (Fsp3) is 0.333. The van der Waals surface area contributed by atoms with Gasteiger partial charge in [-0.25, -0.2) is 0 Å². The SMILES string of the molecule is OCCC(c1ccccc1)P(C(CCO)c1ccccc1)C(CCO)c1ccccc1. The Bertz CT molecular complexity index is 740. The third kappa shape index (κ3) is 6.24. The summed E-state index contributed by atoms with van der Waals surface area (Å²) in [4.78, 5) is 0. The molecule has 164 valence electrons. The van der Waals surface area contributed by atoms with E-state index in [0.717, 1.165) is 0 Å². The van der Waals surface area contributed by atoms with Gasteiger partial charge in [0.05, 0.1) is 0 Å². The molecule has 3 nitrogen and oxygen atoms in total. The summed E-state index contributed by atoms with van der Waals surface area (Å²) in [5.74, 6) is 0. The topological polar surface area (TPSA) is 60.7 Å². The standard InChI is InChI=1S/C27H33O3P/c28-19-16-25(22-10-4-1-5-11-22)31(26(17-20-29)23-12-6-2-7-13-23)27(18-21-30)24-14-8-3-9-15-24/h1-15,25-30H,16-21H2. The molecule has 0 aliphatic heterocycles. The van der Waals surface area contributed by atoms with Gasteiger partial charge in [0.1, 0.15) is 0 Å². The maximum absolute atomic E-state index is 10.0. The molecular weight excluding hydrogens is 403 g/mol. The van der Waals surface area contributed by atoms with E-state index in [1.54, 1.807) is 0 Å². The summed E-state index contributed by atoms with van der Waals surface area (Å²) in [5, 5.41) is 30.1. The Kier molecular flexibility index (Phi) is 9.71. The van der Waals surface area contributed by atoms with Crippen molar-refractivity contribution >= 4 is 7.92 Å². The van der Waals surface area contributed by atoms with Crippen molar-refractivity contribution in [2.24, 2.45) is 0 Å². The van der Waals surface area contributed by atoms with Crippen LogP contribution < -0.4 is 0 Å². The third-order valence-corrected chi connectivity index (χ3v) is 9.67. The molecule has 3 atom stereocenters. The molecule has 0 spiro atoms. The lowest BCUT2D eigenvalue weighted by Crippen LogP contribution is -2.14. The molecule has 0 bridgehead atoms. The van der Waals surface area contributed by atoms with E-state index in [2.05, 4.69) is 72.8 Å². The Morgan fingerprint density at radius 3 is 0.935 bits per heavy atom. The van der Waals surface area contributed by atoms with Crippen molar-refractivity contribution in [1.82, 2.24) is 0 Å². The zero-order valence-corrected chi connectivity index (χ0v) is 18.8. The van der Waals surface area contributed by atoms with Gasteiger partial charge in [0.15, 0.2) is 0 Å². The van der Waals surface area contributed by atoms with Crippen molar-refractivity contribution in [2.45, 2.75) is 36.2 Å². The van der Waals surface area contributed by atoms with Gasteiger partial charge >= 0.3 is 0 Å². The quantitative estimate of drug-likeness (QED) is 0.313. The van der Waals surface area contributed by atoms with E-state index in [1.807, 2.05) is 18.2 Å². The number of aliphatic hydroxyl groups excluding tert-OH is 3. The van der Waals surface area contributed by atoms with Gasteiger partial charge in [0, 0.05) is 36.8 Å². The van der Waals surface area contributed by atoms with Gasteiger partial charge < -0.3 is 15.3 Å². The minimum atomic E-state index is -0.777. The van der Waals surface area contributed by atoms with Gasteiger partial charge in [-0.2, -0.15) is 0 Å². The van der Waals surface area contributed by atoms with Crippen LogP contribution in [0.5, 0.6) is 0 Å². The summed E-state index contributed by atoms with van der Waals surface area (Å²) < 4.78 is 0. The summed E-state index contributed by atoms with van der Waals surface area (Å²) in [7, 11) is -0.777. The first-order chi connectivity index (χ1) is 15.3. The lowest BCUT2D eigenvalue weighted by molar-refractivity contribution is 0.279. The number of benzene rings is 3. The second kappa shape index (κ2) is 12.7. The number of hydrogen-bond acceptors (Lipinski definition) is 3. The molecule has 0 aromatic heterocycles. The summed E-state index contributed by atoms with van der Waals surface area (Å²) in [6, 6.07) is 31.3. The zero-order chi connectivity index (χ0) is 21.9. The van der Waals surface area contributed by atoms with Crippen molar-refractivity contribution in [3.05, 3.63) is 108 Å². The highest BCUT2D eigenvalue weighted by Crippen LogP contribution is 2.72. The molecule has 0 saturated heterocycles. The molecule has 0 amide bonds. The largest absolute Gasteiger partial charge is 0.396 e. The molecule has 0 aliphatic rings. The van der Waals surface area contributed by atoms with Crippen LogP contribution >= 0.6 is 7.92 Å². The van der Waals surface area contributed by atoms with Gasteiger partial charge in [-0.3, -0.25) is 0 Å². The maximum Gasteiger partial charge on any atom is 0.0440 e. The molecule has 0 fully saturated rings. The Labute approximate surface area is 187 Å². The van der Waals surface area contributed by atoms with Gasteiger partial charge in [-0.15, -0.1) is 0 Å². The van der Waals surface area contributed by atoms with E-state index in [-0.39, 0.29) is 36.8 Å². The second-order valence-electron chi connectivity index (χ2n) is 7.76. The van der Waals surface area contributed by atoms with Crippen LogP contribution in [0.25, 0.3) is 0 Å². The molecule has 3 unspecified atom stereocenters. The van der Waals surface area contributed by atoms with E-state index in [0.29, 0.717) is 19.3 Å². The Hall–Kier alpha value is -2.03. The molecule has 31 heavy (non-hydrogen) atoms. The Balaban J connectivity index is 2.17. The van der Waals surface area contributed by atoms with Crippen LogP contribution in [-0.4, -0.2) is 35.1 Å². The zero-order valence-electron chi connectivity index (χ0n) is 17.9. The Morgan fingerprint density at radius 2 is 0.710 bits per heavy atom. The van der Waals surface area contributed by atoms with E-state index >= 15 is 0 Å². The lowest BCUT2D eigenvalue weighted by Gasteiger charge is -2.41. The first-order valence-corrected chi connectivity index (χ1v) is 12.6. The first-order valence-electron chi connectivity index (χ1n) is 11.0. The van der Waals surface area contributed by atoms with E-state index in [1.165, 1.54) is 16.7 Å². The maximum atomic E-state index is 10.0. The predicted octanol–water partition coefficient (Wildman–Crippen LogP) is 5.84. The smallest absolute Gasteiger partial charge is 0.0440 e. The molecule has 3 aromatic rings. The fourth-order valence-corrected chi connectivity index (χ4v) is 8.60. The number of aliphatic hydroxyl groups is 3. The van der Waals surface area contributed by atoms with Crippen molar-refractivity contribution < 1.29 is 15.3 Å². The molecule has 0 heterocycles. The van der Waals surface area contributed by atoms with Crippen LogP contribution in [0.1, 0.15) is 52.9 Å². The summed E-state index contributed by atoms with van der Waals surface area (Å²) in [6.45, 7) is 0.332. The summed E-state index contributed by atoms with van der Waals surface area (Å²) >= 11 is 0. The normalized spacial score (nSPS) is 15.2. The number of rotatable bonds is 12. The van der Waals surface area contributed by atoms with Crippen molar-refractivity contribution in [3.8, 4) is 0 Å². The second-order valence-corrected chi connectivity index (χ2v) is 10.5. The van der Waals surface area contributed by atoms with Crippen molar-refractivity contribution in [1.29, 1.82) is 0 Å². The highest BCUT2D eigenvalue weighted by atomic mass is 31.1. The van der Waals surface area contributed by atoms with Crippen LogP contribution in [0.4, 0.5) is 0 Å². The first kappa shape index (κ1) is 23.6. The van der Waals surface area contributed by atoms with Crippen LogP contribution in [0.15, 0.2) is 91.0 Å². The average Bonchev–Trinajstić information content (AvgIpc) is 2.84. The van der Waals surface area contributed by atoms with Gasteiger partial charge in [0.25, 0.3) is 0 Å². The molecule has 3 aromatic carbocycles. The van der Waals surface area contributed by atoms with E-state index < -0.39 is 7.92 Å².